The highest BCUT2D eigenvalue weighted by atomic mass is 16.5. The number of aliphatic hydroxyl groups excluding tert-OH is 1. The number of aromatic nitrogens is 1. The molecular formula is C13H22N2O3. The Kier molecular flexibility index (Phi) is 6.46. The molecule has 0 atom stereocenters. The maximum atomic E-state index is 8.65. The van der Waals surface area contributed by atoms with Crippen molar-refractivity contribution in [3.8, 4) is 5.75 Å². The average Bonchev–Trinajstić information content (AvgIpc) is 2.39. The first-order valence-corrected chi connectivity index (χ1v) is 6.14. The van der Waals surface area contributed by atoms with E-state index >= 15 is 0 Å². The van der Waals surface area contributed by atoms with E-state index in [1.165, 1.54) is 0 Å². The van der Waals surface area contributed by atoms with Crippen LogP contribution < -0.4 is 9.64 Å². The molecule has 0 aliphatic heterocycles. The first-order valence-electron chi connectivity index (χ1n) is 6.14. The van der Waals surface area contributed by atoms with Crippen molar-refractivity contribution >= 4 is 5.82 Å². The van der Waals surface area contributed by atoms with E-state index in [0.29, 0.717) is 19.3 Å². The Labute approximate surface area is 108 Å². The van der Waals surface area contributed by atoms with E-state index in [1.54, 1.807) is 13.3 Å². The largest absolute Gasteiger partial charge is 0.495 e. The number of aliphatic hydroxyl groups is 1. The van der Waals surface area contributed by atoms with E-state index in [1.807, 2.05) is 12.1 Å². The van der Waals surface area contributed by atoms with Crippen LogP contribution in [0.4, 0.5) is 5.82 Å². The molecule has 0 saturated heterocycles. The Hall–Kier alpha value is -1.33. The predicted molar refractivity (Wildman–Crippen MR) is 71.2 cm³/mol. The molecule has 0 aliphatic carbocycles. The van der Waals surface area contributed by atoms with E-state index < -0.39 is 0 Å². The number of nitrogens with zero attached hydrogens (tertiary/aromatic N) is 2. The van der Waals surface area contributed by atoms with Crippen molar-refractivity contribution in [3.63, 3.8) is 0 Å². The number of pyridine rings is 1. The minimum atomic E-state index is 0.0580. The van der Waals surface area contributed by atoms with Crippen LogP contribution in [-0.4, -0.2) is 49.6 Å². The molecule has 1 aromatic heterocycles. The zero-order valence-electron chi connectivity index (χ0n) is 11.3. The summed E-state index contributed by atoms with van der Waals surface area (Å²) in [6.45, 7) is 5.98. The standard InChI is InChI=1S/C13H22N2O3/c1-11(2)15(6-8-18-9-7-16)13-5-4-12(17-3)10-14-13/h4-5,10-11,16H,6-9H2,1-3H3. The highest BCUT2D eigenvalue weighted by Gasteiger charge is 2.11. The van der Waals surface area contributed by atoms with Crippen LogP contribution in [0.25, 0.3) is 0 Å². The molecule has 0 unspecified atom stereocenters. The van der Waals surface area contributed by atoms with Gasteiger partial charge in [-0.05, 0) is 26.0 Å². The van der Waals surface area contributed by atoms with Gasteiger partial charge in [-0.3, -0.25) is 0 Å². The van der Waals surface area contributed by atoms with Crippen molar-refractivity contribution in [2.45, 2.75) is 19.9 Å². The highest BCUT2D eigenvalue weighted by Crippen LogP contribution is 2.17. The Balaban J connectivity index is 2.59. The molecule has 102 valence electrons. The lowest BCUT2D eigenvalue weighted by Crippen LogP contribution is -2.34. The van der Waals surface area contributed by atoms with Crippen molar-refractivity contribution < 1.29 is 14.6 Å². The second-order valence-electron chi connectivity index (χ2n) is 4.18. The number of hydrogen-bond donors (Lipinski definition) is 1. The SMILES string of the molecule is COc1ccc(N(CCOCCO)C(C)C)nc1. The van der Waals surface area contributed by atoms with Gasteiger partial charge in [-0.25, -0.2) is 4.98 Å². The van der Waals surface area contributed by atoms with Crippen LogP contribution in [0.5, 0.6) is 5.75 Å². The van der Waals surface area contributed by atoms with Crippen LogP contribution in [0, 0.1) is 0 Å². The first-order chi connectivity index (χ1) is 8.69. The van der Waals surface area contributed by atoms with Gasteiger partial charge in [0, 0.05) is 12.6 Å². The molecule has 1 heterocycles. The third-order valence-electron chi connectivity index (χ3n) is 2.59. The Morgan fingerprint density at radius 1 is 1.33 bits per heavy atom. The van der Waals surface area contributed by atoms with Gasteiger partial charge in [-0.15, -0.1) is 0 Å². The third kappa shape index (κ3) is 4.50. The molecule has 18 heavy (non-hydrogen) atoms. The lowest BCUT2D eigenvalue weighted by molar-refractivity contribution is 0.0960. The smallest absolute Gasteiger partial charge is 0.137 e. The zero-order valence-corrected chi connectivity index (χ0v) is 11.3. The molecule has 0 amide bonds. The van der Waals surface area contributed by atoms with Gasteiger partial charge in [0.25, 0.3) is 0 Å². The quantitative estimate of drug-likeness (QED) is 0.709. The molecule has 0 fully saturated rings. The molecule has 0 radical (unpaired) electrons. The summed E-state index contributed by atoms with van der Waals surface area (Å²) in [7, 11) is 1.62. The summed E-state index contributed by atoms with van der Waals surface area (Å²) in [6.07, 6.45) is 1.71. The number of methoxy groups -OCH3 is 1. The van der Waals surface area contributed by atoms with E-state index in [2.05, 4.69) is 23.7 Å². The summed E-state index contributed by atoms with van der Waals surface area (Å²) in [5.41, 5.74) is 0. The summed E-state index contributed by atoms with van der Waals surface area (Å²) in [5.74, 6) is 1.65. The van der Waals surface area contributed by atoms with Crippen molar-refractivity contribution in [2.75, 3.05) is 38.4 Å². The summed E-state index contributed by atoms with van der Waals surface area (Å²) >= 11 is 0. The molecule has 0 aromatic carbocycles. The second kappa shape index (κ2) is 7.89. The summed E-state index contributed by atoms with van der Waals surface area (Å²) in [6, 6.07) is 4.17. The van der Waals surface area contributed by atoms with E-state index in [4.69, 9.17) is 14.6 Å². The van der Waals surface area contributed by atoms with Gasteiger partial charge in [-0.2, -0.15) is 0 Å². The van der Waals surface area contributed by atoms with Crippen molar-refractivity contribution in [3.05, 3.63) is 18.3 Å². The van der Waals surface area contributed by atoms with Crippen molar-refractivity contribution in [2.24, 2.45) is 0 Å². The van der Waals surface area contributed by atoms with Crippen LogP contribution >= 0.6 is 0 Å². The lowest BCUT2D eigenvalue weighted by atomic mass is 10.3. The maximum absolute atomic E-state index is 8.65. The van der Waals surface area contributed by atoms with E-state index in [-0.39, 0.29) is 6.61 Å². The van der Waals surface area contributed by atoms with Gasteiger partial charge in [0.2, 0.25) is 0 Å². The van der Waals surface area contributed by atoms with Crippen LogP contribution in [0.1, 0.15) is 13.8 Å². The first kappa shape index (κ1) is 14.7. The fourth-order valence-corrected chi connectivity index (χ4v) is 1.63. The fraction of sp³-hybridized carbons (Fsp3) is 0.615. The minimum Gasteiger partial charge on any atom is -0.495 e. The van der Waals surface area contributed by atoms with Gasteiger partial charge in [-0.1, -0.05) is 0 Å². The third-order valence-corrected chi connectivity index (χ3v) is 2.59. The molecule has 0 aliphatic rings. The van der Waals surface area contributed by atoms with E-state index in [0.717, 1.165) is 18.1 Å². The Bertz CT molecular complexity index is 328. The Morgan fingerprint density at radius 3 is 2.61 bits per heavy atom. The lowest BCUT2D eigenvalue weighted by Gasteiger charge is -2.27. The van der Waals surface area contributed by atoms with Crippen molar-refractivity contribution in [1.82, 2.24) is 4.98 Å². The molecule has 5 nitrogen and oxygen atoms in total. The molecule has 5 heteroatoms. The Morgan fingerprint density at radius 2 is 2.11 bits per heavy atom. The fourth-order valence-electron chi connectivity index (χ4n) is 1.63. The molecule has 0 spiro atoms. The minimum absolute atomic E-state index is 0.0580. The molecule has 0 bridgehead atoms. The number of anilines is 1. The number of ether oxygens (including phenoxy) is 2. The van der Waals surface area contributed by atoms with Gasteiger partial charge in [0.05, 0.1) is 33.1 Å². The topological polar surface area (TPSA) is 54.8 Å². The van der Waals surface area contributed by atoms with E-state index in [9.17, 15) is 0 Å². The molecule has 1 aromatic rings. The van der Waals surface area contributed by atoms with Gasteiger partial charge in [0.15, 0.2) is 0 Å². The van der Waals surface area contributed by atoms with Crippen LogP contribution in [0.2, 0.25) is 0 Å². The summed E-state index contributed by atoms with van der Waals surface area (Å²) in [4.78, 5) is 6.52. The number of rotatable bonds is 8. The normalized spacial score (nSPS) is 10.7. The predicted octanol–water partition coefficient (Wildman–Crippen LogP) is 1.31. The molecule has 0 saturated carbocycles. The second-order valence-corrected chi connectivity index (χ2v) is 4.18. The van der Waals surface area contributed by atoms with Gasteiger partial charge >= 0.3 is 0 Å². The summed E-state index contributed by atoms with van der Waals surface area (Å²) in [5, 5.41) is 8.65. The monoisotopic (exact) mass is 254 g/mol. The maximum Gasteiger partial charge on any atom is 0.137 e. The van der Waals surface area contributed by atoms with Crippen LogP contribution in [0.15, 0.2) is 18.3 Å². The van der Waals surface area contributed by atoms with Crippen molar-refractivity contribution in [1.29, 1.82) is 0 Å². The summed E-state index contributed by atoms with van der Waals surface area (Å²) < 4.78 is 10.4. The van der Waals surface area contributed by atoms with Gasteiger partial charge < -0.3 is 19.5 Å². The highest BCUT2D eigenvalue weighted by molar-refractivity contribution is 5.41. The van der Waals surface area contributed by atoms with Crippen LogP contribution in [-0.2, 0) is 4.74 Å². The van der Waals surface area contributed by atoms with Gasteiger partial charge in [0.1, 0.15) is 11.6 Å². The van der Waals surface area contributed by atoms with Crippen LogP contribution in [0.3, 0.4) is 0 Å². The zero-order chi connectivity index (χ0) is 13.4. The molecule has 1 rings (SSSR count). The number of hydrogen-bond acceptors (Lipinski definition) is 5. The molecular weight excluding hydrogens is 232 g/mol. The average molecular weight is 254 g/mol. The molecule has 1 N–H and O–H groups in total.